The summed E-state index contributed by atoms with van der Waals surface area (Å²) in [6.07, 6.45) is -0.571. The molecule has 1 N–H and O–H groups in total. The Bertz CT molecular complexity index is 609. The van der Waals surface area contributed by atoms with Crippen LogP contribution in [0.1, 0.15) is 35.2 Å². The van der Waals surface area contributed by atoms with E-state index in [9.17, 15) is 9.90 Å². The Morgan fingerprint density at radius 3 is 2.23 bits per heavy atom. The third-order valence-corrected chi connectivity index (χ3v) is 4.41. The third kappa shape index (κ3) is 2.59. The molecular formula is C17H26N2O3. The van der Waals surface area contributed by atoms with Crippen molar-refractivity contribution >= 4 is 5.78 Å². The number of nitrogens with zero attached hydrogens (tertiary/aromatic N) is 2. The van der Waals surface area contributed by atoms with Crippen molar-refractivity contribution in [3.05, 3.63) is 22.3 Å². The fourth-order valence-corrected chi connectivity index (χ4v) is 3.17. The highest BCUT2D eigenvalue weighted by molar-refractivity contribution is 5.84. The summed E-state index contributed by atoms with van der Waals surface area (Å²) < 4.78 is 5.87. The second-order valence-electron chi connectivity index (χ2n) is 6.62. The van der Waals surface area contributed by atoms with E-state index in [0.717, 1.165) is 28.8 Å². The zero-order valence-corrected chi connectivity index (χ0v) is 14.5. The lowest BCUT2D eigenvalue weighted by Gasteiger charge is -2.26. The van der Waals surface area contributed by atoms with Crippen LogP contribution < -0.4 is 4.74 Å². The molecular weight excluding hydrogens is 280 g/mol. The molecule has 5 nitrogen and oxygen atoms in total. The molecule has 0 fully saturated rings. The van der Waals surface area contributed by atoms with Crippen molar-refractivity contribution in [3.8, 4) is 11.5 Å². The minimum Gasteiger partial charge on any atom is -0.504 e. The second-order valence-corrected chi connectivity index (χ2v) is 6.62. The molecule has 0 aromatic heterocycles. The van der Waals surface area contributed by atoms with Crippen molar-refractivity contribution in [2.24, 2.45) is 0 Å². The van der Waals surface area contributed by atoms with Crippen LogP contribution in [0.25, 0.3) is 0 Å². The summed E-state index contributed by atoms with van der Waals surface area (Å²) in [6.45, 7) is 6.18. The van der Waals surface area contributed by atoms with E-state index in [4.69, 9.17) is 4.74 Å². The van der Waals surface area contributed by atoms with Gasteiger partial charge in [-0.3, -0.25) is 9.69 Å². The van der Waals surface area contributed by atoms with E-state index in [1.165, 1.54) is 6.92 Å². The van der Waals surface area contributed by atoms with Crippen LogP contribution in [0.15, 0.2) is 0 Å². The monoisotopic (exact) mass is 306 g/mol. The summed E-state index contributed by atoms with van der Waals surface area (Å²) in [5.74, 6) is 0.602. The highest BCUT2D eigenvalue weighted by atomic mass is 16.5. The number of phenolic OH excluding ortho intramolecular Hbond substituents is 1. The zero-order chi connectivity index (χ0) is 16.8. The van der Waals surface area contributed by atoms with Crippen LogP contribution >= 0.6 is 0 Å². The number of phenols is 1. The van der Waals surface area contributed by atoms with Crippen molar-refractivity contribution in [2.45, 2.75) is 39.5 Å². The molecule has 2 atom stereocenters. The molecule has 2 rings (SSSR count). The number of aromatic hydroxyl groups is 1. The summed E-state index contributed by atoms with van der Waals surface area (Å²) in [7, 11) is 7.89. The predicted octanol–water partition coefficient (Wildman–Crippen LogP) is 2.02. The summed E-state index contributed by atoms with van der Waals surface area (Å²) >= 11 is 0. The van der Waals surface area contributed by atoms with Gasteiger partial charge in [0.15, 0.2) is 23.4 Å². The van der Waals surface area contributed by atoms with Gasteiger partial charge in [-0.05, 0) is 65.7 Å². The van der Waals surface area contributed by atoms with E-state index >= 15 is 0 Å². The van der Waals surface area contributed by atoms with Crippen LogP contribution in [-0.2, 0) is 11.3 Å². The first-order chi connectivity index (χ1) is 10.2. The highest BCUT2D eigenvalue weighted by Gasteiger charge is 2.43. The van der Waals surface area contributed by atoms with Crippen molar-refractivity contribution < 1.29 is 14.6 Å². The van der Waals surface area contributed by atoms with E-state index in [1.807, 2.05) is 46.9 Å². The van der Waals surface area contributed by atoms with Gasteiger partial charge in [-0.2, -0.15) is 0 Å². The highest BCUT2D eigenvalue weighted by Crippen LogP contribution is 2.50. The maximum absolute atomic E-state index is 12.0. The molecule has 5 heteroatoms. The van der Waals surface area contributed by atoms with Crippen LogP contribution in [0.4, 0.5) is 0 Å². The maximum Gasteiger partial charge on any atom is 0.176 e. The molecule has 1 aliphatic rings. The van der Waals surface area contributed by atoms with Gasteiger partial charge in [0.2, 0.25) is 0 Å². The van der Waals surface area contributed by atoms with Gasteiger partial charge in [-0.15, -0.1) is 0 Å². The van der Waals surface area contributed by atoms with Gasteiger partial charge < -0.3 is 14.7 Å². The molecule has 0 saturated carbocycles. The molecule has 1 aliphatic heterocycles. The number of Topliss-reactive ketones (excluding diaryl/α,β-unsaturated/α-hetero) is 1. The number of carbonyl (C=O) groups is 1. The molecule has 1 heterocycles. The Hall–Kier alpha value is -1.59. The molecule has 2 unspecified atom stereocenters. The summed E-state index contributed by atoms with van der Waals surface area (Å²) in [5, 5.41) is 10.5. The topological polar surface area (TPSA) is 53.0 Å². The van der Waals surface area contributed by atoms with E-state index in [-0.39, 0.29) is 17.6 Å². The Labute approximate surface area is 132 Å². The van der Waals surface area contributed by atoms with Crippen LogP contribution in [0, 0.1) is 13.8 Å². The summed E-state index contributed by atoms with van der Waals surface area (Å²) in [6, 6.07) is -0.173. The Morgan fingerprint density at radius 1 is 1.18 bits per heavy atom. The normalized spacial score (nSPS) is 20.4. The van der Waals surface area contributed by atoms with Gasteiger partial charge in [0.05, 0.1) is 6.04 Å². The van der Waals surface area contributed by atoms with Crippen LogP contribution in [0.5, 0.6) is 11.5 Å². The first kappa shape index (κ1) is 16.8. The van der Waals surface area contributed by atoms with Crippen molar-refractivity contribution in [3.63, 3.8) is 0 Å². The molecule has 22 heavy (non-hydrogen) atoms. The smallest absolute Gasteiger partial charge is 0.176 e. The molecule has 0 spiro atoms. The van der Waals surface area contributed by atoms with E-state index in [2.05, 4.69) is 4.90 Å². The van der Waals surface area contributed by atoms with Crippen molar-refractivity contribution in [1.29, 1.82) is 0 Å². The van der Waals surface area contributed by atoms with Gasteiger partial charge >= 0.3 is 0 Å². The lowest BCUT2D eigenvalue weighted by molar-refractivity contribution is -0.125. The molecule has 1 aromatic carbocycles. The molecule has 0 aliphatic carbocycles. The summed E-state index contributed by atoms with van der Waals surface area (Å²) in [4.78, 5) is 16.1. The molecule has 122 valence electrons. The number of fused-ring (bicyclic) bond motifs is 1. The maximum atomic E-state index is 12.0. The van der Waals surface area contributed by atoms with Crippen molar-refractivity contribution in [1.82, 2.24) is 9.80 Å². The third-order valence-electron chi connectivity index (χ3n) is 4.41. The molecule has 0 radical (unpaired) electrons. The Balaban J connectivity index is 2.73. The van der Waals surface area contributed by atoms with Gasteiger partial charge in [-0.1, -0.05) is 0 Å². The van der Waals surface area contributed by atoms with Crippen LogP contribution in [0.2, 0.25) is 0 Å². The number of benzene rings is 1. The van der Waals surface area contributed by atoms with Crippen LogP contribution in [-0.4, -0.2) is 55.0 Å². The molecule has 0 bridgehead atoms. The average Bonchev–Trinajstić information content (AvgIpc) is 2.81. The number of rotatable bonds is 4. The largest absolute Gasteiger partial charge is 0.504 e. The minimum absolute atomic E-state index is 0.0274. The molecule has 0 saturated heterocycles. The standard InChI is InChI=1S/C17H26N2O3/c1-9-10(2)15(21)17-13(12(9)8-18(4)5)14(19(6)7)16(22-17)11(3)20/h14,16,21H,8H2,1-7H3. The number of carbonyl (C=O) groups excluding carboxylic acids is 1. The Morgan fingerprint density at radius 2 is 1.77 bits per heavy atom. The zero-order valence-electron chi connectivity index (χ0n) is 14.5. The minimum atomic E-state index is -0.571. The fraction of sp³-hybridized carbons (Fsp3) is 0.588. The van der Waals surface area contributed by atoms with Gasteiger partial charge in [-0.25, -0.2) is 0 Å². The second kappa shape index (κ2) is 5.89. The lowest BCUT2D eigenvalue weighted by atomic mass is 9.89. The Kier molecular flexibility index (Phi) is 4.49. The van der Waals surface area contributed by atoms with Gasteiger partial charge in [0, 0.05) is 12.1 Å². The van der Waals surface area contributed by atoms with E-state index < -0.39 is 6.10 Å². The summed E-state index contributed by atoms with van der Waals surface area (Å²) in [5.41, 5.74) is 3.96. The average molecular weight is 306 g/mol. The number of likely N-dealkylation sites (N-methyl/N-ethyl adjacent to an activating group) is 1. The van der Waals surface area contributed by atoms with Crippen molar-refractivity contribution in [2.75, 3.05) is 28.2 Å². The molecule has 0 amide bonds. The number of ether oxygens (including phenoxy) is 1. The number of hydrogen-bond donors (Lipinski definition) is 1. The van der Waals surface area contributed by atoms with E-state index in [1.54, 1.807) is 0 Å². The van der Waals surface area contributed by atoms with Gasteiger partial charge in [0.25, 0.3) is 0 Å². The van der Waals surface area contributed by atoms with E-state index in [0.29, 0.717) is 5.75 Å². The first-order valence-corrected chi connectivity index (χ1v) is 7.50. The predicted molar refractivity (Wildman–Crippen MR) is 86.5 cm³/mol. The first-order valence-electron chi connectivity index (χ1n) is 7.50. The van der Waals surface area contributed by atoms with Gasteiger partial charge in [0.1, 0.15) is 0 Å². The fourth-order valence-electron chi connectivity index (χ4n) is 3.17. The lowest BCUT2D eigenvalue weighted by Crippen LogP contribution is -2.35. The SMILES string of the molecule is CC(=O)C1Oc2c(O)c(C)c(C)c(CN(C)C)c2C1N(C)C. The molecule has 1 aromatic rings. The quantitative estimate of drug-likeness (QED) is 0.922. The number of hydrogen-bond acceptors (Lipinski definition) is 5. The number of ketones is 1. The van der Waals surface area contributed by atoms with Crippen LogP contribution in [0.3, 0.4) is 0 Å².